The fourth-order valence-electron chi connectivity index (χ4n) is 3.38. The first-order valence-corrected chi connectivity index (χ1v) is 8.55. The zero-order chi connectivity index (χ0) is 13.2. The molecule has 1 heterocycles. The van der Waals surface area contributed by atoms with Gasteiger partial charge in [-0.15, -0.1) is 11.6 Å². The quantitative estimate of drug-likeness (QED) is 0.690. The Balaban J connectivity index is 1.66. The molecule has 1 unspecified atom stereocenters. The number of hydrogen-bond donors (Lipinski definition) is 0. The Morgan fingerprint density at radius 3 is 2.89 bits per heavy atom. The smallest absolute Gasteiger partial charge is 0.125 e. The molecule has 104 valence electrons. The van der Waals surface area contributed by atoms with Gasteiger partial charge in [-0.25, -0.2) is 0 Å². The van der Waals surface area contributed by atoms with Crippen molar-refractivity contribution in [3.63, 3.8) is 0 Å². The van der Waals surface area contributed by atoms with Crippen LogP contribution in [0.25, 0.3) is 0 Å². The highest BCUT2D eigenvalue weighted by molar-refractivity contribution is 9.10. The summed E-state index contributed by atoms with van der Waals surface area (Å²) in [6.07, 6.45) is 8.51. The summed E-state index contributed by atoms with van der Waals surface area (Å²) in [6.45, 7) is 0.825. The van der Waals surface area contributed by atoms with Crippen LogP contribution in [-0.2, 0) is 12.8 Å². The molecule has 0 bridgehead atoms. The molecule has 19 heavy (non-hydrogen) atoms. The summed E-state index contributed by atoms with van der Waals surface area (Å²) in [4.78, 5) is 0. The largest absolute Gasteiger partial charge is 0.493 e. The summed E-state index contributed by atoms with van der Waals surface area (Å²) in [5, 5.41) is 0.332. The van der Waals surface area contributed by atoms with Gasteiger partial charge < -0.3 is 4.74 Å². The maximum absolute atomic E-state index is 6.58. The van der Waals surface area contributed by atoms with Crippen LogP contribution in [0.2, 0.25) is 0 Å². The second-order valence-electron chi connectivity index (χ2n) is 5.75. The van der Waals surface area contributed by atoms with Gasteiger partial charge in [-0.1, -0.05) is 28.8 Å². The van der Waals surface area contributed by atoms with Crippen molar-refractivity contribution in [1.82, 2.24) is 0 Å². The standard InChI is InChI=1S/C16H20BrClO/c17-14-9-12(16-13(10-14)7-8-19-16)5-6-15(18)11-3-1-2-4-11/h9-11,15H,1-8H2. The molecule has 1 aromatic rings. The predicted molar refractivity (Wildman–Crippen MR) is 83.3 cm³/mol. The fourth-order valence-corrected chi connectivity index (χ4v) is 4.29. The van der Waals surface area contributed by atoms with Gasteiger partial charge in [-0.3, -0.25) is 0 Å². The van der Waals surface area contributed by atoms with E-state index < -0.39 is 0 Å². The molecular formula is C16H20BrClO. The van der Waals surface area contributed by atoms with Crippen LogP contribution in [0.5, 0.6) is 5.75 Å². The third kappa shape index (κ3) is 3.11. The van der Waals surface area contributed by atoms with Gasteiger partial charge in [-0.2, -0.15) is 0 Å². The number of benzene rings is 1. The first-order chi connectivity index (χ1) is 9.24. The Morgan fingerprint density at radius 1 is 1.32 bits per heavy atom. The Hall–Kier alpha value is -0.210. The minimum atomic E-state index is 0.332. The predicted octanol–water partition coefficient (Wildman–Crippen LogP) is 5.11. The molecule has 0 radical (unpaired) electrons. The molecule has 1 fully saturated rings. The maximum atomic E-state index is 6.58. The average molecular weight is 344 g/mol. The molecule has 1 atom stereocenters. The molecule has 1 aromatic carbocycles. The van der Waals surface area contributed by atoms with Crippen LogP contribution >= 0.6 is 27.5 Å². The van der Waals surface area contributed by atoms with Crippen molar-refractivity contribution in [2.45, 2.75) is 50.3 Å². The van der Waals surface area contributed by atoms with Crippen molar-refractivity contribution >= 4 is 27.5 Å². The number of ether oxygens (including phenoxy) is 1. The molecule has 0 spiro atoms. The van der Waals surface area contributed by atoms with E-state index in [4.69, 9.17) is 16.3 Å². The molecule has 1 aliphatic heterocycles. The summed E-state index contributed by atoms with van der Waals surface area (Å²) in [5.41, 5.74) is 2.67. The van der Waals surface area contributed by atoms with E-state index in [1.807, 2.05) is 0 Å². The van der Waals surface area contributed by atoms with Gasteiger partial charge in [0, 0.05) is 16.3 Å². The summed E-state index contributed by atoms with van der Waals surface area (Å²) >= 11 is 10.2. The maximum Gasteiger partial charge on any atom is 0.125 e. The number of aryl methyl sites for hydroxylation is 1. The van der Waals surface area contributed by atoms with E-state index in [0.717, 1.165) is 37.5 Å². The number of rotatable bonds is 4. The molecule has 3 rings (SSSR count). The van der Waals surface area contributed by atoms with E-state index >= 15 is 0 Å². The van der Waals surface area contributed by atoms with Crippen molar-refractivity contribution in [3.05, 3.63) is 27.7 Å². The lowest BCUT2D eigenvalue weighted by molar-refractivity contribution is 0.352. The second-order valence-corrected chi connectivity index (χ2v) is 7.23. The lowest BCUT2D eigenvalue weighted by Gasteiger charge is -2.17. The first-order valence-electron chi connectivity index (χ1n) is 7.32. The lowest BCUT2D eigenvalue weighted by atomic mass is 9.96. The number of halogens is 2. The summed E-state index contributed by atoms with van der Waals surface area (Å²) < 4.78 is 6.94. The third-order valence-corrected chi connectivity index (χ3v) is 5.46. The van der Waals surface area contributed by atoms with Gasteiger partial charge in [0.2, 0.25) is 0 Å². The van der Waals surface area contributed by atoms with E-state index in [1.165, 1.54) is 41.3 Å². The Labute approximate surface area is 128 Å². The average Bonchev–Trinajstić information content (AvgIpc) is 3.05. The minimum absolute atomic E-state index is 0.332. The van der Waals surface area contributed by atoms with E-state index in [9.17, 15) is 0 Å². The fraction of sp³-hybridized carbons (Fsp3) is 0.625. The van der Waals surface area contributed by atoms with Crippen LogP contribution in [-0.4, -0.2) is 12.0 Å². The molecule has 1 nitrogen and oxygen atoms in total. The van der Waals surface area contributed by atoms with Gasteiger partial charge in [-0.05, 0) is 54.9 Å². The normalized spacial score (nSPS) is 20.3. The SMILES string of the molecule is ClC(CCc1cc(Br)cc2c1OCC2)C1CCCC1. The molecule has 0 saturated heterocycles. The van der Waals surface area contributed by atoms with Crippen LogP contribution in [0.1, 0.15) is 43.2 Å². The molecule has 1 aliphatic carbocycles. The van der Waals surface area contributed by atoms with Crippen LogP contribution in [0.15, 0.2) is 16.6 Å². The molecule has 0 aromatic heterocycles. The Kier molecular flexibility index (Phi) is 4.38. The zero-order valence-electron chi connectivity index (χ0n) is 11.1. The van der Waals surface area contributed by atoms with Crippen LogP contribution in [0, 0.1) is 5.92 Å². The van der Waals surface area contributed by atoms with E-state index in [1.54, 1.807) is 0 Å². The monoisotopic (exact) mass is 342 g/mol. The third-order valence-electron chi connectivity index (χ3n) is 4.43. The molecule has 3 heteroatoms. The van der Waals surface area contributed by atoms with Gasteiger partial charge in [0.25, 0.3) is 0 Å². The van der Waals surface area contributed by atoms with Gasteiger partial charge in [0.05, 0.1) is 6.61 Å². The van der Waals surface area contributed by atoms with Gasteiger partial charge >= 0.3 is 0 Å². The Bertz CT molecular complexity index is 454. The molecule has 0 amide bonds. The molecule has 2 aliphatic rings. The lowest BCUT2D eigenvalue weighted by Crippen LogP contribution is -2.12. The second kappa shape index (κ2) is 6.05. The van der Waals surface area contributed by atoms with E-state index in [-0.39, 0.29) is 0 Å². The summed E-state index contributed by atoms with van der Waals surface area (Å²) in [6, 6.07) is 4.38. The highest BCUT2D eigenvalue weighted by Gasteiger charge is 2.24. The molecular weight excluding hydrogens is 324 g/mol. The van der Waals surface area contributed by atoms with Crippen LogP contribution in [0.4, 0.5) is 0 Å². The molecule has 0 N–H and O–H groups in total. The Morgan fingerprint density at radius 2 is 2.11 bits per heavy atom. The van der Waals surface area contributed by atoms with Crippen molar-refractivity contribution in [2.75, 3.05) is 6.61 Å². The topological polar surface area (TPSA) is 9.23 Å². The molecule has 1 saturated carbocycles. The number of fused-ring (bicyclic) bond motifs is 1. The van der Waals surface area contributed by atoms with Crippen molar-refractivity contribution in [2.24, 2.45) is 5.92 Å². The van der Waals surface area contributed by atoms with E-state index in [0.29, 0.717) is 5.38 Å². The number of hydrogen-bond acceptors (Lipinski definition) is 1. The zero-order valence-corrected chi connectivity index (χ0v) is 13.5. The van der Waals surface area contributed by atoms with Crippen molar-refractivity contribution in [3.8, 4) is 5.75 Å². The number of alkyl halides is 1. The van der Waals surface area contributed by atoms with Gasteiger partial charge in [0.1, 0.15) is 5.75 Å². The van der Waals surface area contributed by atoms with E-state index in [2.05, 4.69) is 28.1 Å². The highest BCUT2D eigenvalue weighted by Crippen LogP contribution is 2.36. The highest BCUT2D eigenvalue weighted by atomic mass is 79.9. The summed E-state index contributed by atoms with van der Waals surface area (Å²) in [5.74, 6) is 1.86. The van der Waals surface area contributed by atoms with Crippen molar-refractivity contribution < 1.29 is 4.74 Å². The van der Waals surface area contributed by atoms with Crippen LogP contribution < -0.4 is 4.74 Å². The summed E-state index contributed by atoms with van der Waals surface area (Å²) in [7, 11) is 0. The van der Waals surface area contributed by atoms with Crippen molar-refractivity contribution in [1.29, 1.82) is 0 Å². The van der Waals surface area contributed by atoms with Gasteiger partial charge in [0.15, 0.2) is 0 Å². The van der Waals surface area contributed by atoms with Crippen LogP contribution in [0.3, 0.4) is 0 Å². The first kappa shape index (κ1) is 13.8. The minimum Gasteiger partial charge on any atom is -0.493 e.